The van der Waals surface area contributed by atoms with Gasteiger partial charge in [-0.2, -0.15) is 5.10 Å². The van der Waals surface area contributed by atoms with E-state index in [-0.39, 0.29) is 10.0 Å². The van der Waals surface area contributed by atoms with E-state index in [9.17, 15) is 8.42 Å². The van der Waals surface area contributed by atoms with Gasteiger partial charge in [0.25, 0.3) is 10.0 Å². The number of nitrogens with zero attached hydrogens (tertiary/aromatic N) is 2. The topological polar surface area (TPSA) is 82.4 Å². The predicted octanol–water partition coefficient (Wildman–Crippen LogP) is 3.43. The number of fused-ring (bicyclic) bond motifs is 1. The maximum Gasteiger partial charge on any atom is 0.262 e. The molecule has 138 valence electrons. The SMILES string of the molecule is CCOc1c(NS(=O)(=O)c2ccc(OC)cc2)ccc2c1c(Cl)nn2C. The lowest BCUT2D eigenvalue weighted by Crippen LogP contribution is -2.14. The Kier molecular flexibility index (Phi) is 4.97. The van der Waals surface area contributed by atoms with Crippen LogP contribution in [0.25, 0.3) is 10.9 Å². The number of anilines is 1. The van der Waals surface area contributed by atoms with Crippen molar-refractivity contribution in [3.63, 3.8) is 0 Å². The molecule has 0 atom stereocenters. The number of aromatic nitrogens is 2. The minimum Gasteiger partial charge on any atom is -0.497 e. The Morgan fingerprint density at radius 1 is 1.19 bits per heavy atom. The van der Waals surface area contributed by atoms with Crippen LogP contribution in [0.3, 0.4) is 0 Å². The summed E-state index contributed by atoms with van der Waals surface area (Å²) in [6.45, 7) is 2.16. The summed E-state index contributed by atoms with van der Waals surface area (Å²) in [5.74, 6) is 0.919. The number of hydrogen-bond acceptors (Lipinski definition) is 5. The molecular formula is C17H18ClN3O4S. The van der Waals surface area contributed by atoms with Gasteiger partial charge in [0.2, 0.25) is 0 Å². The summed E-state index contributed by atoms with van der Waals surface area (Å²) >= 11 is 6.21. The first-order valence-electron chi connectivity index (χ1n) is 7.82. The molecule has 0 aliphatic rings. The van der Waals surface area contributed by atoms with Crippen LogP contribution in [0, 0.1) is 0 Å². The molecule has 0 unspecified atom stereocenters. The molecule has 3 aromatic rings. The lowest BCUT2D eigenvalue weighted by molar-refractivity contribution is 0.346. The van der Waals surface area contributed by atoms with Crippen molar-refractivity contribution in [2.45, 2.75) is 11.8 Å². The number of hydrogen-bond donors (Lipinski definition) is 1. The van der Waals surface area contributed by atoms with Crippen LogP contribution in [0.2, 0.25) is 5.15 Å². The minimum absolute atomic E-state index is 0.109. The van der Waals surface area contributed by atoms with Crippen molar-refractivity contribution in [2.75, 3.05) is 18.4 Å². The zero-order valence-corrected chi connectivity index (χ0v) is 16.1. The standard InChI is InChI=1S/C17H18ClN3O4S/c1-4-25-16-13(9-10-14-15(16)17(18)19-21(14)2)20-26(22,23)12-7-5-11(24-3)6-8-12/h5-10,20H,4H2,1-3H3. The molecule has 0 saturated carbocycles. The smallest absolute Gasteiger partial charge is 0.262 e. The predicted molar refractivity (Wildman–Crippen MR) is 101 cm³/mol. The Morgan fingerprint density at radius 3 is 2.50 bits per heavy atom. The average Bonchev–Trinajstić information content (AvgIpc) is 2.91. The third-order valence-corrected chi connectivity index (χ3v) is 5.48. The van der Waals surface area contributed by atoms with Crippen molar-refractivity contribution < 1.29 is 17.9 Å². The molecule has 3 rings (SSSR count). The van der Waals surface area contributed by atoms with Crippen molar-refractivity contribution in [3.05, 3.63) is 41.6 Å². The Bertz CT molecular complexity index is 1050. The summed E-state index contributed by atoms with van der Waals surface area (Å²) in [5, 5.41) is 4.97. The number of benzene rings is 2. The zero-order chi connectivity index (χ0) is 18.9. The summed E-state index contributed by atoms with van der Waals surface area (Å²) in [6.07, 6.45) is 0. The average molecular weight is 396 g/mol. The van der Waals surface area contributed by atoms with Gasteiger partial charge in [0.1, 0.15) is 5.75 Å². The molecule has 26 heavy (non-hydrogen) atoms. The van der Waals surface area contributed by atoms with Gasteiger partial charge in [-0.25, -0.2) is 8.42 Å². The summed E-state index contributed by atoms with van der Waals surface area (Å²) in [7, 11) is -0.538. The van der Waals surface area contributed by atoms with Gasteiger partial charge in [0, 0.05) is 7.05 Å². The molecule has 2 aromatic carbocycles. The van der Waals surface area contributed by atoms with Crippen LogP contribution in [0.15, 0.2) is 41.3 Å². The van der Waals surface area contributed by atoms with E-state index in [1.807, 2.05) is 6.92 Å². The number of halogens is 1. The van der Waals surface area contributed by atoms with Gasteiger partial charge in [-0.3, -0.25) is 9.40 Å². The monoisotopic (exact) mass is 395 g/mol. The molecule has 0 aliphatic heterocycles. The highest BCUT2D eigenvalue weighted by Crippen LogP contribution is 2.38. The third kappa shape index (κ3) is 3.30. The second-order valence-electron chi connectivity index (χ2n) is 5.46. The molecule has 0 radical (unpaired) electrons. The van der Waals surface area contributed by atoms with Crippen molar-refractivity contribution >= 4 is 38.2 Å². The lowest BCUT2D eigenvalue weighted by Gasteiger charge is -2.14. The fourth-order valence-corrected chi connectivity index (χ4v) is 3.97. The zero-order valence-electron chi connectivity index (χ0n) is 14.5. The Hall–Kier alpha value is -2.45. The molecule has 1 heterocycles. The molecule has 1 aromatic heterocycles. The van der Waals surface area contributed by atoms with Crippen molar-refractivity contribution in [1.29, 1.82) is 0 Å². The normalized spacial score (nSPS) is 11.5. The molecular weight excluding hydrogens is 378 g/mol. The molecule has 0 bridgehead atoms. The quantitative estimate of drug-likeness (QED) is 0.691. The van der Waals surface area contributed by atoms with Gasteiger partial charge in [-0.1, -0.05) is 11.6 Å². The summed E-state index contributed by atoms with van der Waals surface area (Å²) < 4.78 is 40.4. The van der Waals surface area contributed by atoms with Crippen molar-refractivity contribution in [3.8, 4) is 11.5 Å². The highest BCUT2D eigenvalue weighted by atomic mass is 35.5. The second kappa shape index (κ2) is 7.05. The van der Waals surface area contributed by atoms with E-state index in [0.717, 1.165) is 5.52 Å². The molecule has 0 fully saturated rings. The molecule has 9 heteroatoms. The maximum absolute atomic E-state index is 12.7. The molecule has 0 aliphatic carbocycles. The molecule has 0 saturated heterocycles. The largest absolute Gasteiger partial charge is 0.497 e. The Morgan fingerprint density at radius 2 is 1.88 bits per heavy atom. The number of nitrogens with one attached hydrogen (secondary N) is 1. The highest BCUT2D eigenvalue weighted by Gasteiger charge is 2.21. The number of rotatable bonds is 6. The third-order valence-electron chi connectivity index (χ3n) is 3.83. The van der Waals surface area contributed by atoms with E-state index in [0.29, 0.717) is 29.2 Å². The van der Waals surface area contributed by atoms with E-state index in [1.54, 1.807) is 36.0 Å². The summed E-state index contributed by atoms with van der Waals surface area (Å²) in [4.78, 5) is 0.109. The second-order valence-corrected chi connectivity index (χ2v) is 7.51. The molecule has 0 amide bonds. The van der Waals surface area contributed by atoms with E-state index in [2.05, 4.69) is 9.82 Å². The fraction of sp³-hybridized carbons (Fsp3) is 0.235. The first kappa shape index (κ1) is 18.3. The van der Waals surface area contributed by atoms with Crippen molar-refractivity contribution in [2.24, 2.45) is 7.05 Å². The maximum atomic E-state index is 12.7. The molecule has 0 spiro atoms. The van der Waals surface area contributed by atoms with Crippen LogP contribution in [0.5, 0.6) is 11.5 Å². The van der Waals surface area contributed by atoms with Crippen molar-refractivity contribution in [1.82, 2.24) is 9.78 Å². The van der Waals surface area contributed by atoms with E-state index in [1.165, 1.54) is 19.2 Å². The van der Waals surface area contributed by atoms with Crippen LogP contribution >= 0.6 is 11.6 Å². The van der Waals surface area contributed by atoms with Gasteiger partial charge < -0.3 is 9.47 Å². The molecule has 1 N–H and O–H groups in total. The van der Waals surface area contributed by atoms with Crippen LogP contribution < -0.4 is 14.2 Å². The number of ether oxygens (including phenoxy) is 2. The van der Waals surface area contributed by atoms with Gasteiger partial charge in [-0.05, 0) is 43.3 Å². The number of aryl methyl sites for hydroxylation is 1. The first-order chi connectivity index (χ1) is 12.4. The number of methoxy groups -OCH3 is 1. The molecule has 7 nitrogen and oxygen atoms in total. The highest BCUT2D eigenvalue weighted by molar-refractivity contribution is 7.92. The van der Waals surface area contributed by atoms with Gasteiger partial charge in [0.15, 0.2) is 10.9 Å². The number of sulfonamides is 1. The minimum atomic E-state index is -3.81. The summed E-state index contributed by atoms with van der Waals surface area (Å²) in [6, 6.07) is 9.47. The van der Waals surface area contributed by atoms with Gasteiger partial charge in [0.05, 0.1) is 35.2 Å². The van der Waals surface area contributed by atoms with Crippen LogP contribution in [-0.4, -0.2) is 31.9 Å². The van der Waals surface area contributed by atoms with E-state index < -0.39 is 10.0 Å². The van der Waals surface area contributed by atoms with Gasteiger partial charge in [-0.15, -0.1) is 0 Å². The van der Waals surface area contributed by atoms with E-state index in [4.69, 9.17) is 21.1 Å². The Balaban J connectivity index is 2.06. The van der Waals surface area contributed by atoms with Crippen LogP contribution in [0.4, 0.5) is 5.69 Å². The fourth-order valence-electron chi connectivity index (χ4n) is 2.61. The summed E-state index contributed by atoms with van der Waals surface area (Å²) in [5.41, 5.74) is 1.04. The van der Waals surface area contributed by atoms with E-state index >= 15 is 0 Å². The first-order valence-corrected chi connectivity index (χ1v) is 9.68. The van der Waals surface area contributed by atoms with Crippen LogP contribution in [-0.2, 0) is 17.1 Å². The Labute approximate surface area is 156 Å². The lowest BCUT2D eigenvalue weighted by atomic mass is 10.2. The van der Waals surface area contributed by atoms with Gasteiger partial charge >= 0.3 is 0 Å². The van der Waals surface area contributed by atoms with Crippen LogP contribution in [0.1, 0.15) is 6.92 Å².